The van der Waals surface area contributed by atoms with Gasteiger partial charge in [-0.05, 0) is 36.8 Å². The van der Waals surface area contributed by atoms with Gasteiger partial charge in [0.2, 0.25) is 5.88 Å². The number of aromatic nitrogens is 1. The van der Waals surface area contributed by atoms with Crippen molar-refractivity contribution >= 4 is 5.97 Å². The largest absolute Gasteiger partial charge is 0.494 e. The number of rotatable bonds is 11. The summed E-state index contributed by atoms with van der Waals surface area (Å²) in [6.45, 7) is -0.133. The molecule has 5 nitrogen and oxygen atoms in total. The molecule has 0 radical (unpaired) electrons. The van der Waals surface area contributed by atoms with Crippen LogP contribution in [0.15, 0.2) is 42.6 Å². The molecule has 1 aromatic heterocycles. The second kappa shape index (κ2) is 11.1. The summed E-state index contributed by atoms with van der Waals surface area (Å²) >= 11 is 0. The molecule has 1 heterocycles. The molecule has 0 spiro atoms. The third-order valence-electron chi connectivity index (χ3n) is 3.74. The SMILES string of the molecule is CCCCCCCOc1ccc(C(=O)Oc2ccc(OC(F)F)nc2)cc1. The van der Waals surface area contributed by atoms with Gasteiger partial charge in [0.25, 0.3) is 0 Å². The molecule has 0 saturated carbocycles. The van der Waals surface area contributed by atoms with Crippen molar-refractivity contribution < 1.29 is 27.8 Å². The van der Waals surface area contributed by atoms with Crippen molar-refractivity contribution in [3.8, 4) is 17.4 Å². The fourth-order valence-electron chi connectivity index (χ4n) is 2.34. The summed E-state index contributed by atoms with van der Waals surface area (Å²) in [7, 11) is 0. The van der Waals surface area contributed by atoms with Crippen molar-refractivity contribution in [2.75, 3.05) is 6.61 Å². The molecule has 0 fully saturated rings. The van der Waals surface area contributed by atoms with E-state index in [4.69, 9.17) is 9.47 Å². The Bertz CT molecular complexity index is 690. The molecule has 0 unspecified atom stereocenters. The number of pyridine rings is 1. The van der Waals surface area contributed by atoms with Gasteiger partial charge in [-0.15, -0.1) is 0 Å². The summed E-state index contributed by atoms with van der Waals surface area (Å²) in [6.07, 6.45) is 6.96. The van der Waals surface area contributed by atoms with Gasteiger partial charge in [0.15, 0.2) is 0 Å². The van der Waals surface area contributed by atoms with Crippen molar-refractivity contribution in [3.05, 3.63) is 48.2 Å². The summed E-state index contributed by atoms with van der Waals surface area (Å²) in [5.74, 6) is -0.00216. The Kier molecular flexibility index (Phi) is 8.48. The molecule has 27 heavy (non-hydrogen) atoms. The van der Waals surface area contributed by atoms with Crippen molar-refractivity contribution in [2.45, 2.75) is 45.6 Å². The minimum Gasteiger partial charge on any atom is -0.494 e. The maximum atomic E-state index is 12.1. The lowest BCUT2D eigenvalue weighted by Crippen LogP contribution is -2.09. The Morgan fingerprint density at radius 3 is 2.33 bits per heavy atom. The highest BCUT2D eigenvalue weighted by atomic mass is 19.3. The monoisotopic (exact) mass is 379 g/mol. The van der Waals surface area contributed by atoms with E-state index in [1.807, 2.05) is 0 Å². The van der Waals surface area contributed by atoms with Crippen LogP contribution in [0, 0.1) is 0 Å². The number of halogens is 2. The maximum absolute atomic E-state index is 12.1. The average molecular weight is 379 g/mol. The number of carbonyl (C=O) groups excluding carboxylic acids is 1. The highest BCUT2D eigenvalue weighted by Gasteiger charge is 2.10. The number of carbonyl (C=O) groups is 1. The lowest BCUT2D eigenvalue weighted by molar-refractivity contribution is -0.0529. The zero-order valence-corrected chi connectivity index (χ0v) is 15.2. The summed E-state index contributed by atoms with van der Waals surface area (Å²) in [5.41, 5.74) is 0.346. The normalized spacial score (nSPS) is 10.7. The van der Waals surface area contributed by atoms with E-state index in [0.29, 0.717) is 17.9 Å². The number of hydrogen-bond donors (Lipinski definition) is 0. The summed E-state index contributed by atoms with van der Waals surface area (Å²) in [6, 6.07) is 9.17. The second-order valence-electron chi connectivity index (χ2n) is 5.89. The van der Waals surface area contributed by atoms with Crippen molar-refractivity contribution in [1.82, 2.24) is 4.98 Å². The Morgan fingerprint density at radius 1 is 1.00 bits per heavy atom. The molecule has 0 saturated heterocycles. The lowest BCUT2D eigenvalue weighted by Gasteiger charge is -2.08. The van der Waals surface area contributed by atoms with Crippen LogP contribution in [0.25, 0.3) is 0 Å². The smallest absolute Gasteiger partial charge is 0.388 e. The minimum atomic E-state index is -2.96. The third-order valence-corrected chi connectivity index (χ3v) is 3.74. The highest BCUT2D eigenvalue weighted by molar-refractivity contribution is 5.91. The molecule has 0 aliphatic rings. The van der Waals surface area contributed by atoms with E-state index in [2.05, 4.69) is 16.6 Å². The molecule has 2 rings (SSSR count). The molecule has 1 aromatic carbocycles. The Hall–Kier alpha value is -2.70. The number of esters is 1. The van der Waals surface area contributed by atoms with Gasteiger partial charge in [0.1, 0.15) is 11.5 Å². The molecule has 0 N–H and O–H groups in total. The molecule has 0 amide bonds. The quantitative estimate of drug-likeness (QED) is 0.394. The minimum absolute atomic E-state index is 0.133. The van der Waals surface area contributed by atoms with Crippen LogP contribution in [0.4, 0.5) is 8.78 Å². The van der Waals surface area contributed by atoms with Crippen molar-refractivity contribution in [1.29, 1.82) is 0 Å². The zero-order valence-electron chi connectivity index (χ0n) is 15.2. The number of nitrogens with zero attached hydrogens (tertiary/aromatic N) is 1. The van der Waals surface area contributed by atoms with Gasteiger partial charge in [-0.25, -0.2) is 9.78 Å². The van der Waals surface area contributed by atoms with E-state index in [1.165, 1.54) is 31.4 Å². The average Bonchev–Trinajstić information content (AvgIpc) is 2.66. The topological polar surface area (TPSA) is 57.7 Å². The molecule has 0 aliphatic heterocycles. The fourth-order valence-corrected chi connectivity index (χ4v) is 2.34. The Balaban J connectivity index is 1.79. The number of unbranched alkanes of at least 4 members (excludes halogenated alkanes) is 4. The van der Waals surface area contributed by atoms with Crippen molar-refractivity contribution in [2.24, 2.45) is 0 Å². The van der Waals surface area contributed by atoms with Crippen LogP contribution in [-0.4, -0.2) is 24.2 Å². The van der Waals surface area contributed by atoms with Gasteiger partial charge in [0, 0.05) is 6.07 Å². The van der Waals surface area contributed by atoms with Gasteiger partial charge in [-0.1, -0.05) is 32.6 Å². The molecule has 2 aromatic rings. The van der Waals surface area contributed by atoms with E-state index in [-0.39, 0.29) is 11.6 Å². The first-order valence-corrected chi connectivity index (χ1v) is 8.94. The molecular formula is C20H23F2NO4. The Labute approximate surface area is 157 Å². The van der Waals surface area contributed by atoms with Crippen LogP contribution in [0.2, 0.25) is 0 Å². The van der Waals surface area contributed by atoms with Crippen LogP contribution in [0.3, 0.4) is 0 Å². The Morgan fingerprint density at radius 2 is 1.70 bits per heavy atom. The van der Waals surface area contributed by atoms with Crippen LogP contribution in [-0.2, 0) is 0 Å². The highest BCUT2D eigenvalue weighted by Crippen LogP contribution is 2.18. The predicted molar refractivity (Wildman–Crippen MR) is 96.5 cm³/mol. The van der Waals surface area contributed by atoms with Crippen LogP contribution in [0.1, 0.15) is 49.4 Å². The summed E-state index contributed by atoms with van der Waals surface area (Å²) in [5, 5.41) is 0. The van der Waals surface area contributed by atoms with Gasteiger partial charge >= 0.3 is 12.6 Å². The fraction of sp³-hybridized carbons (Fsp3) is 0.400. The number of hydrogen-bond acceptors (Lipinski definition) is 5. The first kappa shape index (κ1) is 20.6. The van der Waals surface area contributed by atoms with Gasteiger partial charge in [-0.3, -0.25) is 0 Å². The van der Waals surface area contributed by atoms with Gasteiger partial charge in [0.05, 0.1) is 18.4 Å². The maximum Gasteiger partial charge on any atom is 0.388 e. The molecule has 0 bridgehead atoms. The van der Waals surface area contributed by atoms with E-state index >= 15 is 0 Å². The summed E-state index contributed by atoms with van der Waals surface area (Å²) < 4.78 is 39.1. The number of benzene rings is 1. The molecule has 0 aliphatic carbocycles. The van der Waals surface area contributed by atoms with Crippen LogP contribution in [0.5, 0.6) is 17.4 Å². The number of ether oxygens (including phenoxy) is 3. The van der Waals surface area contributed by atoms with Crippen LogP contribution >= 0.6 is 0 Å². The first-order chi connectivity index (χ1) is 13.1. The van der Waals surface area contributed by atoms with E-state index in [9.17, 15) is 13.6 Å². The van der Waals surface area contributed by atoms with Crippen molar-refractivity contribution in [3.63, 3.8) is 0 Å². The zero-order chi connectivity index (χ0) is 19.5. The molecule has 7 heteroatoms. The lowest BCUT2D eigenvalue weighted by atomic mass is 10.2. The van der Waals surface area contributed by atoms with Gasteiger partial charge < -0.3 is 14.2 Å². The van der Waals surface area contributed by atoms with E-state index < -0.39 is 12.6 Å². The van der Waals surface area contributed by atoms with E-state index in [1.54, 1.807) is 24.3 Å². The standard InChI is InChI=1S/C20H23F2NO4/c1-2-3-4-5-6-13-25-16-9-7-15(8-10-16)19(24)26-17-11-12-18(23-14-17)27-20(21)22/h7-12,14,20H,2-6,13H2,1H3. The first-order valence-electron chi connectivity index (χ1n) is 8.94. The second-order valence-corrected chi connectivity index (χ2v) is 5.89. The third kappa shape index (κ3) is 7.60. The van der Waals surface area contributed by atoms with Gasteiger partial charge in [-0.2, -0.15) is 8.78 Å². The van der Waals surface area contributed by atoms with E-state index in [0.717, 1.165) is 19.0 Å². The summed E-state index contributed by atoms with van der Waals surface area (Å²) in [4.78, 5) is 15.7. The molecule has 146 valence electrons. The molecular weight excluding hydrogens is 356 g/mol. The number of alkyl halides is 2. The molecule has 0 atom stereocenters. The predicted octanol–water partition coefficient (Wildman–Crippen LogP) is 5.25. The van der Waals surface area contributed by atoms with Crippen LogP contribution < -0.4 is 14.2 Å².